The molecule has 0 aromatic carbocycles. The SMILES string of the molecule is CC(C)C[C@@H]1NC(=O)N(CC(=O)NCCc2cccs2)C1=O. The maximum absolute atomic E-state index is 12.1. The molecule has 1 aliphatic rings. The van der Waals surface area contributed by atoms with E-state index in [1.807, 2.05) is 31.4 Å². The molecular weight excluding hydrogens is 302 g/mol. The number of imide groups is 1. The summed E-state index contributed by atoms with van der Waals surface area (Å²) in [5.74, 6) is -0.328. The van der Waals surface area contributed by atoms with Gasteiger partial charge in [0.15, 0.2) is 0 Å². The van der Waals surface area contributed by atoms with Crippen LogP contribution < -0.4 is 10.6 Å². The molecule has 1 aromatic rings. The standard InChI is InChI=1S/C15H21N3O3S/c1-10(2)8-12-14(20)18(15(21)17-12)9-13(19)16-6-5-11-4-3-7-22-11/h3-4,7,10,12H,5-6,8-9H2,1-2H3,(H,16,19)(H,17,21)/t12-/m0/s1. The molecule has 4 amide bonds. The molecule has 0 saturated carbocycles. The van der Waals surface area contributed by atoms with Gasteiger partial charge in [-0.25, -0.2) is 4.79 Å². The molecule has 1 saturated heterocycles. The lowest BCUT2D eigenvalue weighted by molar-refractivity contribution is -0.132. The van der Waals surface area contributed by atoms with Crippen LogP contribution in [0.3, 0.4) is 0 Å². The topological polar surface area (TPSA) is 78.5 Å². The quantitative estimate of drug-likeness (QED) is 0.744. The maximum Gasteiger partial charge on any atom is 0.325 e. The van der Waals surface area contributed by atoms with Crippen molar-refractivity contribution in [3.05, 3.63) is 22.4 Å². The predicted molar refractivity (Wildman–Crippen MR) is 84.5 cm³/mol. The summed E-state index contributed by atoms with van der Waals surface area (Å²) < 4.78 is 0. The van der Waals surface area contributed by atoms with E-state index in [1.165, 1.54) is 4.88 Å². The highest BCUT2D eigenvalue weighted by Crippen LogP contribution is 2.14. The second-order valence-electron chi connectivity index (χ2n) is 5.74. The zero-order valence-corrected chi connectivity index (χ0v) is 13.6. The van der Waals surface area contributed by atoms with E-state index < -0.39 is 12.1 Å². The molecule has 1 aromatic heterocycles. The number of rotatable bonds is 7. The van der Waals surface area contributed by atoms with Crippen molar-refractivity contribution in [2.24, 2.45) is 5.92 Å². The van der Waals surface area contributed by atoms with Crippen LogP contribution in [-0.4, -0.2) is 41.9 Å². The molecule has 2 heterocycles. The Hall–Kier alpha value is -1.89. The minimum atomic E-state index is -0.508. The van der Waals surface area contributed by atoms with Crippen LogP contribution in [-0.2, 0) is 16.0 Å². The summed E-state index contributed by atoms with van der Waals surface area (Å²) >= 11 is 1.63. The molecular formula is C15H21N3O3S. The summed E-state index contributed by atoms with van der Waals surface area (Å²) in [7, 11) is 0. The normalized spacial score (nSPS) is 18.0. The van der Waals surface area contributed by atoms with Crippen LogP contribution >= 0.6 is 11.3 Å². The Balaban J connectivity index is 1.78. The van der Waals surface area contributed by atoms with Crippen LogP contribution in [0.2, 0.25) is 0 Å². The van der Waals surface area contributed by atoms with Crippen LogP contribution in [0, 0.1) is 5.92 Å². The van der Waals surface area contributed by atoms with Gasteiger partial charge in [-0.05, 0) is 30.2 Å². The van der Waals surface area contributed by atoms with Crippen molar-refractivity contribution in [1.82, 2.24) is 15.5 Å². The van der Waals surface area contributed by atoms with Gasteiger partial charge < -0.3 is 10.6 Å². The molecule has 1 aliphatic heterocycles. The van der Waals surface area contributed by atoms with Gasteiger partial charge in [0.05, 0.1) is 0 Å². The molecule has 1 atom stereocenters. The van der Waals surface area contributed by atoms with E-state index in [4.69, 9.17) is 0 Å². The first-order valence-electron chi connectivity index (χ1n) is 7.38. The number of carbonyl (C=O) groups is 3. The zero-order valence-electron chi connectivity index (χ0n) is 12.8. The third kappa shape index (κ3) is 4.30. The number of carbonyl (C=O) groups excluding carboxylic acids is 3. The molecule has 120 valence electrons. The molecule has 2 N–H and O–H groups in total. The van der Waals surface area contributed by atoms with E-state index in [2.05, 4.69) is 10.6 Å². The van der Waals surface area contributed by atoms with Crippen molar-refractivity contribution in [2.75, 3.05) is 13.1 Å². The molecule has 0 radical (unpaired) electrons. The van der Waals surface area contributed by atoms with Gasteiger partial charge >= 0.3 is 6.03 Å². The Morgan fingerprint density at radius 3 is 2.86 bits per heavy atom. The van der Waals surface area contributed by atoms with Crippen molar-refractivity contribution in [3.63, 3.8) is 0 Å². The molecule has 22 heavy (non-hydrogen) atoms. The Bertz CT molecular complexity index is 542. The van der Waals surface area contributed by atoms with Crippen molar-refractivity contribution >= 4 is 29.2 Å². The monoisotopic (exact) mass is 323 g/mol. The van der Waals surface area contributed by atoms with Crippen LogP contribution in [0.5, 0.6) is 0 Å². The molecule has 1 fully saturated rings. The number of hydrogen-bond donors (Lipinski definition) is 2. The van der Waals surface area contributed by atoms with Crippen LogP contribution in [0.4, 0.5) is 4.79 Å². The molecule has 7 heteroatoms. The van der Waals surface area contributed by atoms with Gasteiger partial charge in [-0.15, -0.1) is 11.3 Å². The van der Waals surface area contributed by atoms with E-state index in [0.29, 0.717) is 18.9 Å². The van der Waals surface area contributed by atoms with Gasteiger partial charge in [0, 0.05) is 11.4 Å². The second-order valence-corrected chi connectivity index (χ2v) is 6.77. The zero-order chi connectivity index (χ0) is 16.1. The summed E-state index contributed by atoms with van der Waals surface area (Å²) in [5, 5.41) is 7.35. The number of nitrogens with one attached hydrogen (secondary N) is 2. The van der Waals surface area contributed by atoms with Crippen LogP contribution in [0.1, 0.15) is 25.1 Å². The van der Waals surface area contributed by atoms with E-state index in [9.17, 15) is 14.4 Å². The minimum absolute atomic E-state index is 0.219. The molecule has 2 rings (SSSR count). The van der Waals surface area contributed by atoms with E-state index in [-0.39, 0.29) is 18.4 Å². The van der Waals surface area contributed by atoms with Gasteiger partial charge in [0.1, 0.15) is 12.6 Å². The second kappa shape index (κ2) is 7.40. The lowest BCUT2D eigenvalue weighted by Gasteiger charge is -2.13. The predicted octanol–water partition coefficient (Wildman–Crippen LogP) is 1.37. The highest BCUT2D eigenvalue weighted by molar-refractivity contribution is 7.09. The van der Waals surface area contributed by atoms with Gasteiger partial charge in [0.25, 0.3) is 5.91 Å². The maximum atomic E-state index is 12.1. The number of amides is 4. The Labute approximate surface area is 133 Å². The smallest absolute Gasteiger partial charge is 0.325 e. The summed E-state index contributed by atoms with van der Waals surface area (Å²) in [6.07, 6.45) is 1.33. The number of hydrogen-bond acceptors (Lipinski definition) is 4. The first kappa shape index (κ1) is 16.5. The largest absolute Gasteiger partial charge is 0.354 e. The van der Waals surface area contributed by atoms with E-state index in [1.54, 1.807) is 11.3 Å². The summed E-state index contributed by atoms with van der Waals surface area (Å²) in [5.41, 5.74) is 0. The lowest BCUT2D eigenvalue weighted by Crippen LogP contribution is -2.41. The summed E-state index contributed by atoms with van der Waals surface area (Å²) in [6.45, 7) is 4.25. The van der Waals surface area contributed by atoms with Gasteiger partial charge in [-0.3, -0.25) is 14.5 Å². The Morgan fingerprint density at radius 1 is 1.45 bits per heavy atom. The molecule has 6 nitrogen and oxygen atoms in total. The van der Waals surface area contributed by atoms with Gasteiger partial charge in [-0.2, -0.15) is 0 Å². The van der Waals surface area contributed by atoms with Gasteiger partial charge in [-0.1, -0.05) is 19.9 Å². The third-order valence-corrected chi connectivity index (χ3v) is 4.33. The highest BCUT2D eigenvalue weighted by Gasteiger charge is 2.38. The van der Waals surface area contributed by atoms with Crippen LogP contribution in [0.25, 0.3) is 0 Å². The number of urea groups is 1. The molecule has 0 spiro atoms. The van der Waals surface area contributed by atoms with E-state index >= 15 is 0 Å². The van der Waals surface area contributed by atoms with Crippen molar-refractivity contribution in [1.29, 1.82) is 0 Å². The van der Waals surface area contributed by atoms with Crippen molar-refractivity contribution in [3.8, 4) is 0 Å². The van der Waals surface area contributed by atoms with E-state index in [0.717, 1.165) is 11.3 Å². The minimum Gasteiger partial charge on any atom is -0.354 e. The number of thiophene rings is 1. The summed E-state index contributed by atoms with van der Waals surface area (Å²) in [4.78, 5) is 37.9. The first-order valence-corrected chi connectivity index (χ1v) is 8.26. The third-order valence-electron chi connectivity index (χ3n) is 3.39. The number of nitrogens with zero attached hydrogens (tertiary/aromatic N) is 1. The average Bonchev–Trinajstić information content (AvgIpc) is 3.03. The average molecular weight is 323 g/mol. The molecule has 0 aliphatic carbocycles. The molecule has 0 bridgehead atoms. The van der Waals surface area contributed by atoms with Crippen LogP contribution in [0.15, 0.2) is 17.5 Å². The fourth-order valence-corrected chi connectivity index (χ4v) is 3.05. The first-order chi connectivity index (χ1) is 10.5. The fourth-order valence-electron chi connectivity index (χ4n) is 2.34. The highest BCUT2D eigenvalue weighted by atomic mass is 32.1. The Morgan fingerprint density at radius 2 is 2.23 bits per heavy atom. The van der Waals surface area contributed by atoms with Gasteiger partial charge in [0.2, 0.25) is 5.91 Å². The van der Waals surface area contributed by atoms with Crippen molar-refractivity contribution in [2.45, 2.75) is 32.7 Å². The molecule has 0 unspecified atom stereocenters. The fraction of sp³-hybridized carbons (Fsp3) is 0.533. The lowest BCUT2D eigenvalue weighted by atomic mass is 10.0. The Kier molecular flexibility index (Phi) is 5.54. The summed E-state index contributed by atoms with van der Waals surface area (Å²) in [6, 6.07) is 2.98. The van der Waals surface area contributed by atoms with Crippen molar-refractivity contribution < 1.29 is 14.4 Å².